The maximum Gasteiger partial charge on any atom is 0.252 e. The summed E-state index contributed by atoms with van der Waals surface area (Å²) in [5.74, 6) is 0. The van der Waals surface area contributed by atoms with Crippen LogP contribution in [0.4, 0.5) is 34.1 Å². The van der Waals surface area contributed by atoms with Gasteiger partial charge in [0.1, 0.15) is 0 Å². The second-order valence-corrected chi connectivity index (χ2v) is 36.3. The first kappa shape index (κ1) is 69.7. The molecule has 0 atom stereocenters. The van der Waals surface area contributed by atoms with Crippen LogP contribution in [-0.4, -0.2) is 11.3 Å². The zero-order valence-electron chi connectivity index (χ0n) is 65.5. The molecule has 0 aliphatic carbocycles. The molecule has 2 aliphatic heterocycles. The predicted octanol–water partition coefficient (Wildman–Crippen LogP) is 26.7. The fourth-order valence-corrected chi connectivity index (χ4v) is 16.5. The van der Waals surface area contributed by atoms with Crippen LogP contribution in [-0.2, 0) is 32.5 Å². The summed E-state index contributed by atoms with van der Waals surface area (Å²) in [4.78, 5) is 5.45. The molecule has 0 saturated carbocycles. The topological polar surface area (TPSA) is 11.4 Å². The summed E-state index contributed by atoms with van der Waals surface area (Å²) >= 11 is 0. The molecule has 3 nitrogen and oxygen atoms in total. The molecular formula is C102H100BN3. The van der Waals surface area contributed by atoms with E-state index in [1.165, 1.54) is 93.8 Å². The monoisotopic (exact) mass is 1380 g/mol. The average Bonchev–Trinajstić information content (AvgIpc) is 0.787. The highest BCUT2D eigenvalue weighted by Crippen LogP contribution is 2.55. The van der Waals surface area contributed by atoms with Gasteiger partial charge in [-0.25, -0.2) is 0 Å². The summed E-state index contributed by atoms with van der Waals surface area (Å²) in [5.41, 5.74) is 35.3. The molecule has 0 saturated heterocycles. The Hall–Kier alpha value is -10.7. The number of anilines is 6. The number of hydrogen-bond donors (Lipinski definition) is 0. The van der Waals surface area contributed by atoms with E-state index in [1.807, 2.05) is 0 Å². The molecule has 1 aromatic heterocycles. The zero-order valence-corrected chi connectivity index (χ0v) is 65.5. The van der Waals surface area contributed by atoms with Gasteiger partial charge >= 0.3 is 0 Å². The van der Waals surface area contributed by atoms with Crippen LogP contribution in [0.15, 0.2) is 279 Å². The number of benzene rings is 13. The van der Waals surface area contributed by atoms with Crippen molar-refractivity contribution >= 4 is 79.0 Å². The first-order chi connectivity index (χ1) is 50.4. The number of fused-ring (bicyclic) bond motifs is 7. The fourth-order valence-electron chi connectivity index (χ4n) is 16.5. The molecule has 14 aromatic rings. The Morgan fingerprint density at radius 3 is 0.925 bits per heavy atom. The maximum absolute atomic E-state index is 2.74. The van der Waals surface area contributed by atoms with Crippen LogP contribution >= 0.6 is 0 Å². The molecule has 4 heteroatoms. The third kappa shape index (κ3) is 12.4. The van der Waals surface area contributed by atoms with Gasteiger partial charge in [-0.15, -0.1) is 0 Å². The van der Waals surface area contributed by atoms with Crippen LogP contribution in [0.2, 0.25) is 0 Å². The van der Waals surface area contributed by atoms with Gasteiger partial charge in [0.15, 0.2) is 0 Å². The highest BCUT2D eigenvalue weighted by Gasteiger charge is 2.46. The Labute approximate surface area is 631 Å². The third-order valence-corrected chi connectivity index (χ3v) is 22.7. The molecule has 0 fully saturated rings. The van der Waals surface area contributed by atoms with Crippen molar-refractivity contribution in [2.45, 2.75) is 157 Å². The van der Waals surface area contributed by atoms with Crippen molar-refractivity contribution in [1.82, 2.24) is 4.57 Å². The van der Waals surface area contributed by atoms with E-state index < -0.39 is 0 Å². The number of aromatic nitrogens is 1. The van der Waals surface area contributed by atoms with E-state index in [2.05, 4.69) is 418 Å². The second-order valence-electron chi connectivity index (χ2n) is 36.3. The fraction of sp³-hybridized carbons (Fsp3) is 0.235. The van der Waals surface area contributed by atoms with Crippen molar-refractivity contribution in [2.24, 2.45) is 0 Å². The number of hydrogen-bond acceptors (Lipinski definition) is 2. The standard InChI is InChI=1S/C102H100BN3/c1-97(2,3)73-47-51-88-84(61-73)85-62-74(98(4,5)6)48-52-89(85)104(88)79-63-92-94-93(64-79)106(96-82(67-37-27-21-28-38-67)43-32-44-83(96)68-39-29-22-30-40-68)91-58-70(72-55-77(101(13,14)15)60-78(56-72)102(16,17)18)45-49-86(91)103(94)87-57-69(71-53-75(99(7,8)9)59-76(54-71)100(10,11)12)46-50-90(87)105(92)95-80(65-33-23-19-24-34-65)41-31-42-81(95)66-35-25-20-26-36-66/h19-64H,1-18H3. The Morgan fingerprint density at radius 1 is 0.226 bits per heavy atom. The molecule has 0 spiro atoms. The molecule has 0 bridgehead atoms. The predicted molar refractivity (Wildman–Crippen MR) is 460 cm³/mol. The van der Waals surface area contributed by atoms with E-state index >= 15 is 0 Å². The average molecular weight is 1380 g/mol. The highest BCUT2D eigenvalue weighted by molar-refractivity contribution is 7.00. The van der Waals surface area contributed by atoms with Crippen molar-refractivity contribution in [2.75, 3.05) is 9.80 Å². The normalized spacial score (nSPS) is 13.3. The number of nitrogens with zero attached hydrogens (tertiary/aromatic N) is 3. The Bertz CT molecular complexity index is 5500. The molecule has 0 N–H and O–H groups in total. The van der Waals surface area contributed by atoms with E-state index in [4.69, 9.17) is 0 Å². The lowest BCUT2D eigenvalue weighted by Crippen LogP contribution is -2.61. The first-order valence-corrected chi connectivity index (χ1v) is 38.3. The van der Waals surface area contributed by atoms with Gasteiger partial charge in [0.2, 0.25) is 0 Å². The molecule has 0 amide bonds. The number of para-hydroxylation sites is 2. The van der Waals surface area contributed by atoms with Gasteiger partial charge in [-0.1, -0.05) is 355 Å². The molecule has 106 heavy (non-hydrogen) atoms. The van der Waals surface area contributed by atoms with E-state index in [9.17, 15) is 0 Å². The minimum atomic E-state index is -0.264. The van der Waals surface area contributed by atoms with Crippen LogP contribution in [0.5, 0.6) is 0 Å². The largest absolute Gasteiger partial charge is 0.310 e. The van der Waals surface area contributed by atoms with E-state index in [0.717, 1.165) is 84.3 Å². The van der Waals surface area contributed by atoms with Crippen LogP contribution in [0, 0.1) is 0 Å². The summed E-state index contributed by atoms with van der Waals surface area (Å²) in [5, 5.41) is 2.50. The molecule has 0 unspecified atom stereocenters. The van der Waals surface area contributed by atoms with Crippen molar-refractivity contribution in [3.05, 3.63) is 312 Å². The number of rotatable bonds is 9. The molecule has 13 aromatic carbocycles. The lowest BCUT2D eigenvalue weighted by Gasteiger charge is -2.46. The van der Waals surface area contributed by atoms with Gasteiger partial charge in [-0.2, -0.15) is 0 Å². The third-order valence-electron chi connectivity index (χ3n) is 22.7. The van der Waals surface area contributed by atoms with Crippen molar-refractivity contribution in [3.8, 4) is 72.4 Å². The summed E-state index contributed by atoms with van der Waals surface area (Å²) in [6, 6.07) is 108. The molecule has 16 rings (SSSR count). The van der Waals surface area contributed by atoms with Crippen molar-refractivity contribution in [1.29, 1.82) is 0 Å². The Kier molecular flexibility index (Phi) is 16.8. The van der Waals surface area contributed by atoms with Gasteiger partial charge in [0, 0.05) is 55.8 Å². The van der Waals surface area contributed by atoms with E-state index in [0.29, 0.717) is 0 Å². The molecule has 2 aliphatic rings. The minimum Gasteiger partial charge on any atom is -0.310 e. The highest BCUT2D eigenvalue weighted by atomic mass is 15.2. The van der Waals surface area contributed by atoms with Crippen molar-refractivity contribution < 1.29 is 0 Å². The molecule has 526 valence electrons. The maximum atomic E-state index is 2.74. The van der Waals surface area contributed by atoms with Gasteiger partial charge in [-0.05, 0) is 175 Å². The SMILES string of the molecule is CC(C)(C)c1cc(-c2ccc3c(c2)B2c4ccc(-c5cc(C(C)(C)C)cc(C(C)(C)C)c5)cc4N(c4c(-c5ccccc5)cccc4-c4ccccc4)c4cc(-n5c6ccc(C(C)(C)C)cc6c6cc(C(C)(C)C)ccc65)cc(c42)N3c2c(-c3ccccc3)cccc2-c2ccccc2)cc(C(C)(C)C)c1. The molecular weight excluding hydrogens is 1280 g/mol. The molecule has 3 heterocycles. The van der Waals surface area contributed by atoms with Crippen LogP contribution in [0.3, 0.4) is 0 Å². The van der Waals surface area contributed by atoms with Gasteiger partial charge < -0.3 is 14.4 Å². The Morgan fingerprint density at radius 2 is 0.566 bits per heavy atom. The summed E-state index contributed by atoms with van der Waals surface area (Å²) in [6.45, 7) is 42.1. The summed E-state index contributed by atoms with van der Waals surface area (Å²) < 4.78 is 2.61. The van der Waals surface area contributed by atoms with E-state index in [-0.39, 0.29) is 39.2 Å². The quantitative estimate of drug-likeness (QED) is 0.133. The smallest absolute Gasteiger partial charge is 0.252 e. The first-order valence-electron chi connectivity index (χ1n) is 38.3. The van der Waals surface area contributed by atoms with Crippen LogP contribution in [0.1, 0.15) is 158 Å². The lowest BCUT2D eigenvalue weighted by molar-refractivity contribution is 0.568. The van der Waals surface area contributed by atoms with Crippen LogP contribution < -0.4 is 26.2 Å². The van der Waals surface area contributed by atoms with Gasteiger partial charge in [0.05, 0.1) is 28.1 Å². The minimum absolute atomic E-state index is 0.0897. The molecule has 0 radical (unpaired) electrons. The van der Waals surface area contributed by atoms with Crippen LogP contribution in [0.25, 0.3) is 94.3 Å². The second kappa shape index (κ2) is 25.5. The Balaban J connectivity index is 1.13. The van der Waals surface area contributed by atoms with Crippen molar-refractivity contribution in [3.63, 3.8) is 0 Å². The van der Waals surface area contributed by atoms with Gasteiger partial charge in [-0.3, -0.25) is 0 Å². The summed E-state index contributed by atoms with van der Waals surface area (Å²) in [7, 11) is 0. The summed E-state index contributed by atoms with van der Waals surface area (Å²) in [6.07, 6.45) is 0. The van der Waals surface area contributed by atoms with E-state index in [1.54, 1.807) is 0 Å². The van der Waals surface area contributed by atoms with Gasteiger partial charge in [0.25, 0.3) is 6.71 Å². The zero-order chi connectivity index (χ0) is 74.3. The lowest BCUT2D eigenvalue weighted by atomic mass is 9.33.